The van der Waals surface area contributed by atoms with E-state index in [-0.39, 0.29) is 22.7 Å². The van der Waals surface area contributed by atoms with E-state index in [0.29, 0.717) is 12.8 Å². The number of nitro groups is 1. The summed E-state index contributed by atoms with van der Waals surface area (Å²) in [4.78, 5) is 10.2. The highest BCUT2D eigenvalue weighted by molar-refractivity contribution is 7.89. The van der Waals surface area contributed by atoms with Crippen LogP contribution in [0.5, 0.6) is 0 Å². The zero-order valence-corrected chi connectivity index (χ0v) is 13.6. The van der Waals surface area contributed by atoms with Crippen LogP contribution in [0.25, 0.3) is 0 Å². The van der Waals surface area contributed by atoms with E-state index in [4.69, 9.17) is 0 Å². The van der Waals surface area contributed by atoms with Crippen LogP contribution in [-0.4, -0.2) is 29.7 Å². The number of benzene rings is 1. The molecule has 0 heterocycles. The fourth-order valence-electron chi connectivity index (χ4n) is 2.21. The van der Waals surface area contributed by atoms with Crippen LogP contribution in [0.3, 0.4) is 0 Å². The molecule has 0 aromatic heterocycles. The van der Waals surface area contributed by atoms with Gasteiger partial charge in [0.2, 0.25) is 10.0 Å². The molecule has 0 N–H and O–H groups in total. The molecular formula is C14H22N2O4S. The lowest BCUT2D eigenvalue weighted by atomic mass is 10.2. The summed E-state index contributed by atoms with van der Waals surface area (Å²) in [6.45, 7) is 7.43. The van der Waals surface area contributed by atoms with E-state index in [0.717, 1.165) is 0 Å². The van der Waals surface area contributed by atoms with Crippen molar-refractivity contribution >= 4 is 15.7 Å². The Morgan fingerprint density at radius 1 is 1.14 bits per heavy atom. The topological polar surface area (TPSA) is 80.5 Å². The second-order valence-corrected chi connectivity index (χ2v) is 6.89. The highest BCUT2D eigenvalue weighted by Crippen LogP contribution is 2.29. The summed E-state index contributed by atoms with van der Waals surface area (Å²) in [5.41, 5.74) is -0.380. The molecule has 0 spiro atoms. The monoisotopic (exact) mass is 314 g/mol. The average molecular weight is 314 g/mol. The minimum absolute atomic E-state index is 0.218. The van der Waals surface area contributed by atoms with Crippen LogP contribution in [0.1, 0.15) is 40.5 Å². The standard InChI is InChI=1S/C14H22N2O4S/c1-5-11(3)15(12(4)6-2)21(19,20)14-10-8-7-9-13(14)16(17)18/h7-12H,5-6H2,1-4H3/t11-,12+. The van der Waals surface area contributed by atoms with Crippen molar-refractivity contribution < 1.29 is 13.3 Å². The summed E-state index contributed by atoms with van der Waals surface area (Å²) in [6, 6.07) is 5.05. The van der Waals surface area contributed by atoms with Crippen molar-refractivity contribution in [3.05, 3.63) is 34.4 Å². The smallest absolute Gasteiger partial charge is 0.258 e. The molecule has 0 aliphatic carbocycles. The fourth-order valence-corrected chi connectivity index (χ4v) is 4.34. The number of rotatable bonds is 7. The van der Waals surface area contributed by atoms with E-state index in [1.54, 1.807) is 0 Å². The molecule has 0 unspecified atom stereocenters. The summed E-state index contributed by atoms with van der Waals surface area (Å²) in [5.74, 6) is 0. The molecule has 1 aromatic rings. The molecule has 0 saturated heterocycles. The van der Waals surface area contributed by atoms with Gasteiger partial charge in [-0.1, -0.05) is 26.0 Å². The first-order valence-corrected chi connectivity index (χ1v) is 8.48. The Morgan fingerprint density at radius 3 is 2.05 bits per heavy atom. The molecule has 118 valence electrons. The summed E-state index contributed by atoms with van der Waals surface area (Å²) < 4.78 is 27.1. The van der Waals surface area contributed by atoms with Crippen LogP contribution in [0.15, 0.2) is 29.2 Å². The predicted molar refractivity (Wildman–Crippen MR) is 81.6 cm³/mol. The number of nitrogens with zero attached hydrogens (tertiary/aromatic N) is 2. The van der Waals surface area contributed by atoms with Crippen LogP contribution in [0.4, 0.5) is 5.69 Å². The summed E-state index contributed by atoms with van der Waals surface area (Å²) in [5, 5.41) is 11.1. The Hall–Kier alpha value is -1.47. The van der Waals surface area contributed by atoms with Gasteiger partial charge in [0, 0.05) is 18.2 Å². The second-order valence-electron chi connectivity index (χ2n) is 5.07. The Kier molecular flexibility index (Phi) is 5.86. The molecule has 2 atom stereocenters. The first-order chi connectivity index (χ1) is 9.77. The Bertz CT molecular complexity index is 591. The Morgan fingerprint density at radius 2 is 1.62 bits per heavy atom. The fraction of sp³-hybridized carbons (Fsp3) is 0.571. The van der Waals surface area contributed by atoms with Gasteiger partial charge in [-0.2, -0.15) is 4.31 Å². The molecule has 0 bridgehead atoms. The SMILES string of the molecule is CC[C@@H](C)N([C@@H](C)CC)S(=O)(=O)c1ccccc1[N+](=O)[O-]. The van der Waals surface area contributed by atoms with Gasteiger partial charge < -0.3 is 0 Å². The molecule has 0 saturated carbocycles. The second kappa shape index (κ2) is 7.00. The highest BCUT2D eigenvalue weighted by atomic mass is 32.2. The van der Waals surface area contributed by atoms with Gasteiger partial charge in [0.15, 0.2) is 4.90 Å². The van der Waals surface area contributed by atoms with Crippen LogP contribution < -0.4 is 0 Å². The molecule has 0 radical (unpaired) electrons. The molecule has 0 aliphatic heterocycles. The van der Waals surface area contributed by atoms with Crippen molar-refractivity contribution in [2.75, 3.05) is 0 Å². The van der Waals surface area contributed by atoms with Gasteiger partial charge in [-0.3, -0.25) is 10.1 Å². The number of para-hydroxylation sites is 1. The van der Waals surface area contributed by atoms with E-state index in [9.17, 15) is 18.5 Å². The third kappa shape index (κ3) is 3.59. The van der Waals surface area contributed by atoms with E-state index in [1.807, 2.05) is 27.7 Å². The van der Waals surface area contributed by atoms with Gasteiger partial charge in [0.1, 0.15) is 0 Å². The van der Waals surface area contributed by atoms with E-state index < -0.39 is 14.9 Å². The van der Waals surface area contributed by atoms with Crippen molar-refractivity contribution in [1.82, 2.24) is 4.31 Å². The lowest BCUT2D eigenvalue weighted by Gasteiger charge is -2.32. The van der Waals surface area contributed by atoms with Gasteiger partial charge in [-0.25, -0.2) is 8.42 Å². The maximum atomic E-state index is 12.9. The van der Waals surface area contributed by atoms with Crippen LogP contribution in [0.2, 0.25) is 0 Å². The molecule has 0 amide bonds. The maximum Gasteiger partial charge on any atom is 0.289 e. The molecule has 21 heavy (non-hydrogen) atoms. The van der Waals surface area contributed by atoms with Crippen molar-refractivity contribution in [3.8, 4) is 0 Å². The van der Waals surface area contributed by atoms with E-state index in [1.165, 1.54) is 28.6 Å². The highest BCUT2D eigenvalue weighted by Gasteiger charge is 2.36. The summed E-state index contributed by atoms with van der Waals surface area (Å²) in [7, 11) is -3.91. The van der Waals surface area contributed by atoms with Crippen LogP contribution in [-0.2, 0) is 10.0 Å². The number of sulfonamides is 1. The molecule has 1 aromatic carbocycles. The van der Waals surface area contributed by atoms with Crippen molar-refractivity contribution in [2.24, 2.45) is 0 Å². The van der Waals surface area contributed by atoms with Crippen molar-refractivity contribution in [3.63, 3.8) is 0 Å². The number of nitro benzene ring substituents is 1. The number of hydrogen-bond acceptors (Lipinski definition) is 4. The van der Waals surface area contributed by atoms with Crippen LogP contribution in [0, 0.1) is 10.1 Å². The molecular weight excluding hydrogens is 292 g/mol. The lowest BCUT2D eigenvalue weighted by molar-refractivity contribution is -0.387. The molecule has 1 rings (SSSR count). The summed E-state index contributed by atoms with van der Waals surface area (Å²) in [6.07, 6.45) is 1.29. The van der Waals surface area contributed by atoms with Gasteiger partial charge in [-0.15, -0.1) is 0 Å². The predicted octanol–water partition coefficient (Wildman–Crippen LogP) is 3.18. The first kappa shape index (κ1) is 17.6. The summed E-state index contributed by atoms with van der Waals surface area (Å²) >= 11 is 0. The third-order valence-corrected chi connectivity index (χ3v) is 5.84. The molecule has 0 fully saturated rings. The van der Waals surface area contributed by atoms with Gasteiger partial charge in [0.05, 0.1) is 4.92 Å². The van der Waals surface area contributed by atoms with Gasteiger partial charge in [0.25, 0.3) is 5.69 Å². The number of hydrogen-bond donors (Lipinski definition) is 0. The van der Waals surface area contributed by atoms with Gasteiger partial charge in [-0.05, 0) is 32.8 Å². The minimum atomic E-state index is -3.91. The minimum Gasteiger partial charge on any atom is -0.258 e. The molecule has 0 aliphatic rings. The van der Waals surface area contributed by atoms with Crippen molar-refractivity contribution in [1.29, 1.82) is 0 Å². The zero-order chi connectivity index (χ0) is 16.2. The third-order valence-electron chi connectivity index (χ3n) is 3.67. The van der Waals surface area contributed by atoms with Gasteiger partial charge >= 0.3 is 0 Å². The van der Waals surface area contributed by atoms with E-state index in [2.05, 4.69) is 0 Å². The lowest BCUT2D eigenvalue weighted by Crippen LogP contribution is -2.44. The molecule has 6 nitrogen and oxygen atoms in total. The average Bonchev–Trinajstić information content (AvgIpc) is 2.46. The van der Waals surface area contributed by atoms with E-state index >= 15 is 0 Å². The molecule has 7 heteroatoms. The largest absolute Gasteiger partial charge is 0.289 e. The van der Waals surface area contributed by atoms with Crippen molar-refractivity contribution in [2.45, 2.75) is 57.5 Å². The van der Waals surface area contributed by atoms with Crippen LogP contribution >= 0.6 is 0 Å². The normalized spacial score (nSPS) is 14.9. The Labute approximate surface area is 126 Å². The zero-order valence-electron chi connectivity index (χ0n) is 12.8. The first-order valence-electron chi connectivity index (χ1n) is 7.04. The Balaban J connectivity index is 3.46. The maximum absolute atomic E-state index is 12.9. The quantitative estimate of drug-likeness (QED) is 0.572.